The molecule has 164 valence electrons. The summed E-state index contributed by atoms with van der Waals surface area (Å²) in [6.45, 7) is 8.19. The molecule has 0 aromatic heterocycles. The first kappa shape index (κ1) is 22.5. The highest BCUT2D eigenvalue weighted by molar-refractivity contribution is 5.93. The molecule has 9 nitrogen and oxygen atoms in total. The third kappa shape index (κ3) is 5.10. The number of nitro benzene ring substituents is 1. The lowest BCUT2D eigenvalue weighted by Gasteiger charge is -2.32. The SMILES string of the molecule is CC1=C(C#N)C(c2cccc([N+](=O)[O-])c2)C(C(=O)OCCN2CCN(C)CC2)=C(C)N1. The number of hydrogen-bond donors (Lipinski definition) is 1. The van der Waals surface area contributed by atoms with Gasteiger partial charge in [-0.1, -0.05) is 12.1 Å². The molecule has 1 aromatic carbocycles. The van der Waals surface area contributed by atoms with Crippen LogP contribution in [0.15, 0.2) is 46.8 Å². The van der Waals surface area contributed by atoms with Gasteiger partial charge in [0.05, 0.1) is 28.1 Å². The number of nitro groups is 1. The number of esters is 1. The lowest BCUT2D eigenvalue weighted by atomic mass is 9.81. The number of benzene rings is 1. The molecule has 1 atom stereocenters. The number of nitrogens with zero attached hydrogens (tertiary/aromatic N) is 4. The number of hydrogen-bond acceptors (Lipinski definition) is 8. The maximum Gasteiger partial charge on any atom is 0.336 e. The van der Waals surface area contributed by atoms with Crippen LogP contribution in [0.25, 0.3) is 0 Å². The molecule has 0 spiro atoms. The summed E-state index contributed by atoms with van der Waals surface area (Å²) in [7, 11) is 2.08. The van der Waals surface area contributed by atoms with Crippen molar-refractivity contribution in [3.63, 3.8) is 0 Å². The number of ether oxygens (including phenoxy) is 1. The van der Waals surface area contributed by atoms with Crippen molar-refractivity contribution in [2.75, 3.05) is 46.4 Å². The lowest BCUT2D eigenvalue weighted by molar-refractivity contribution is -0.384. The van der Waals surface area contributed by atoms with E-state index in [0.717, 1.165) is 26.2 Å². The van der Waals surface area contributed by atoms with Gasteiger partial charge < -0.3 is 15.0 Å². The van der Waals surface area contributed by atoms with Crippen molar-refractivity contribution in [2.45, 2.75) is 19.8 Å². The molecule has 2 aliphatic heterocycles. The summed E-state index contributed by atoms with van der Waals surface area (Å²) in [6.07, 6.45) is 0. The van der Waals surface area contributed by atoms with Gasteiger partial charge in [0.2, 0.25) is 0 Å². The fourth-order valence-corrected chi connectivity index (χ4v) is 3.98. The van der Waals surface area contributed by atoms with E-state index in [1.807, 2.05) is 0 Å². The summed E-state index contributed by atoms with van der Waals surface area (Å²) < 4.78 is 5.58. The number of nitriles is 1. The molecule has 0 amide bonds. The van der Waals surface area contributed by atoms with E-state index >= 15 is 0 Å². The molecular weight excluding hydrogens is 398 g/mol. The average molecular weight is 425 g/mol. The maximum atomic E-state index is 13.1. The van der Waals surface area contributed by atoms with Crippen molar-refractivity contribution in [1.29, 1.82) is 5.26 Å². The largest absolute Gasteiger partial charge is 0.461 e. The van der Waals surface area contributed by atoms with Crippen molar-refractivity contribution in [3.05, 3.63) is 62.5 Å². The fraction of sp³-hybridized carbons (Fsp3) is 0.455. The summed E-state index contributed by atoms with van der Waals surface area (Å²) in [6, 6.07) is 8.21. The normalized spacial score (nSPS) is 20.3. The first-order chi connectivity index (χ1) is 14.8. The zero-order valence-corrected chi connectivity index (χ0v) is 18.1. The number of piperazine rings is 1. The third-order valence-corrected chi connectivity index (χ3v) is 5.75. The van der Waals surface area contributed by atoms with Gasteiger partial charge >= 0.3 is 5.97 Å². The molecule has 1 aromatic rings. The first-order valence-corrected chi connectivity index (χ1v) is 10.2. The minimum absolute atomic E-state index is 0.0913. The van der Waals surface area contributed by atoms with Gasteiger partial charge in [-0.2, -0.15) is 5.26 Å². The molecule has 1 fully saturated rings. The molecular formula is C22H27N5O4. The molecule has 1 unspecified atom stereocenters. The van der Waals surface area contributed by atoms with E-state index in [0.29, 0.717) is 34.6 Å². The lowest BCUT2D eigenvalue weighted by Crippen LogP contribution is -2.45. The molecule has 0 aliphatic carbocycles. The van der Waals surface area contributed by atoms with E-state index in [4.69, 9.17) is 4.74 Å². The number of nitrogens with one attached hydrogen (secondary N) is 1. The monoisotopic (exact) mass is 425 g/mol. The minimum Gasteiger partial charge on any atom is -0.461 e. The molecule has 3 rings (SSSR count). The van der Waals surface area contributed by atoms with Crippen LogP contribution in [0.3, 0.4) is 0 Å². The molecule has 1 N–H and O–H groups in total. The Morgan fingerprint density at radius 1 is 1.29 bits per heavy atom. The van der Waals surface area contributed by atoms with Gasteiger partial charge in [-0.15, -0.1) is 0 Å². The van der Waals surface area contributed by atoms with Crippen molar-refractivity contribution < 1.29 is 14.5 Å². The highest BCUT2D eigenvalue weighted by Gasteiger charge is 2.35. The van der Waals surface area contributed by atoms with Gasteiger partial charge in [0, 0.05) is 56.3 Å². The second-order valence-electron chi connectivity index (χ2n) is 7.88. The zero-order chi connectivity index (χ0) is 22.5. The molecule has 9 heteroatoms. The third-order valence-electron chi connectivity index (χ3n) is 5.75. The summed E-state index contributed by atoms with van der Waals surface area (Å²) in [5.41, 5.74) is 2.27. The van der Waals surface area contributed by atoms with Crippen LogP contribution in [0.1, 0.15) is 25.3 Å². The molecule has 0 saturated carbocycles. The van der Waals surface area contributed by atoms with Gasteiger partial charge in [-0.3, -0.25) is 15.0 Å². The first-order valence-electron chi connectivity index (χ1n) is 10.2. The van der Waals surface area contributed by atoms with E-state index in [1.165, 1.54) is 12.1 Å². The zero-order valence-electron chi connectivity index (χ0n) is 18.1. The Kier molecular flexibility index (Phi) is 7.05. The standard InChI is InChI=1S/C22H27N5O4/c1-15-19(14-23)21(17-5-4-6-18(13-17)27(29)30)20(16(2)24-15)22(28)31-12-11-26-9-7-25(3)8-10-26/h4-6,13,21,24H,7-12H2,1-3H3. The number of carbonyl (C=O) groups excluding carboxylic acids is 1. The van der Waals surface area contributed by atoms with E-state index in [1.54, 1.807) is 26.0 Å². The molecule has 0 bridgehead atoms. The number of carbonyl (C=O) groups is 1. The quantitative estimate of drug-likeness (QED) is 0.419. The van der Waals surface area contributed by atoms with Crippen molar-refractivity contribution in [1.82, 2.24) is 15.1 Å². The topological polar surface area (TPSA) is 112 Å². The second kappa shape index (κ2) is 9.73. The van der Waals surface area contributed by atoms with Crippen LogP contribution in [-0.4, -0.2) is 67.1 Å². The van der Waals surface area contributed by atoms with Crippen molar-refractivity contribution in [3.8, 4) is 6.07 Å². The molecule has 2 heterocycles. The number of dihydropyridines is 1. The Labute approximate surface area is 181 Å². The Morgan fingerprint density at radius 2 is 2.00 bits per heavy atom. The highest BCUT2D eigenvalue weighted by atomic mass is 16.6. The number of allylic oxidation sites excluding steroid dienone is 3. The summed E-state index contributed by atoms with van der Waals surface area (Å²) in [5.74, 6) is -1.24. The predicted octanol–water partition coefficient (Wildman–Crippen LogP) is 2.14. The smallest absolute Gasteiger partial charge is 0.336 e. The van der Waals surface area contributed by atoms with Crippen LogP contribution in [0.5, 0.6) is 0 Å². The number of likely N-dealkylation sites (N-methyl/N-ethyl adjacent to an activating group) is 1. The van der Waals surface area contributed by atoms with Gasteiger partial charge in [-0.25, -0.2) is 4.79 Å². The molecule has 31 heavy (non-hydrogen) atoms. The van der Waals surface area contributed by atoms with Crippen molar-refractivity contribution >= 4 is 11.7 Å². The summed E-state index contributed by atoms with van der Waals surface area (Å²) in [4.78, 5) is 28.3. The van der Waals surface area contributed by atoms with E-state index in [9.17, 15) is 20.2 Å². The van der Waals surface area contributed by atoms with Gasteiger partial charge in [0.25, 0.3) is 5.69 Å². The van der Waals surface area contributed by atoms with Gasteiger partial charge in [0.15, 0.2) is 0 Å². The fourth-order valence-electron chi connectivity index (χ4n) is 3.98. The van der Waals surface area contributed by atoms with Crippen molar-refractivity contribution in [2.24, 2.45) is 0 Å². The van der Waals surface area contributed by atoms with Crippen LogP contribution < -0.4 is 5.32 Å². The Hall–Kier alpha value is -3.22. The van der Waals surface area contributed by atoms with Crippen LogP contribution in [0.2, 0.25) is 0 Å². The van der Waals surface area contributed by atoms with E-state index in [2.05, 4.69) is 28.2 Å². The summed E-state index contributed by atoms with van der Waals surface area (Å²) in [5, 5.41) is 24.1. The second-order valence-corrected chi connectivity index (χ2v) is 7.88. The average Bonchev–Trinajstić information content (AvgIpc) is 2.74. The maximum absolute atomic E-state index is 13.1. The Bertz CT molecular complexity index is 970. The summed E-state index contributed by atoms with van der Waals surface area (Å²) >= 11 is 0. The molecule has 2 aliphatic rings. The van der Waals surface area contributed by atoms with E-state index < -0.39 is 16.8 Å². The van der Waals surface area contributed by atoms with Crippen LogP contribution in [0, 0.1) is 21.4 Å². The molecule has 0 radical (unpaired) electrons. The number of non-ortho nitro benzene ring substituents is 1. The van der Waals surface area contributed by atoms with Gasteiger partial charge in [0.1, 0.15) is 6.61 Å². The van der Waals surface area contributed by atoms with Crippen LogP contribution in [-0.2, 0) is 9.53 Å². The predicted molar refractivity (Wildman–Crippen MR) is 115 cm³/mol. The Morgan fingerprint density at radius 3 is 2.65 bits per heavy atom. The minimum atomic E-state index is -0.720. The molecule has 1 saturated heterocycles. The van der Waals surface area contributed by atoms with E-state index in [-0.39, 0.29) is 12.3 Å². The highest BCUT2D eigenvalue weighted by Crippen LogP contribution is 2.39. The van der Waals surface area contributed by atoms with Crippen LogP contribution in [0.4, 0.5) is 5.69 Å². The Balaban J connectivity index is 1.81. The number of rotatable bonds is 6. The van der Waals surface area contributed by atoms with Crippen LogP contribution >= 0.6 is 0 Å². The van der Waals surface area contributed by atoms with Gasteiger partial charge in [-0.05, 0) is 26.5 Å².